The molecular weight excluding hydrogens is 238 g/mol. The Kier molecular flexibility index (Phi) is 3.08. The highest BCUT2D eigenvalue weighted by molar-refractivity contribution is 6.33. The normalized spacial score (nSPS) is 17.0. The molecule has 0 radical (unpaired) electrons. The van der Waals surface area contributed by atoms with Crippen molar-refractivity contribution in [2.45, 2.75) is 45.1 Å². The van der Waals surface area contributed by atoms with E-state index in [0.717, 1.165) is 12.8 Å². The lowest BCUT2D eigenvalue weighted by Gasteiger charge is -2.12. The van der Waals surface area contributed by atoms with E-state index in [-0.39, 0.29) is 23.1 Å². The van der Waals surface area contributed by atoms with Gasteiger partial charge in [-0.25, -0.2) is 9.97 Å². The zero-order valence-corrected chi connectivity index (χ0v) is 11.0. The molecule has 5 heteroatoms. The average molecular weight is 254 g/mol. The van der Waals surface area contributed by atoms with Gasteiger partial charge in [-0.1, -0.05) is 25.4 Å². The molecule has 1 fully saturated rings. The summed E-state index contributed by atoms with van der Waals surface area (Å²) in [5, 5.41) is 3.24. The van der Waals surface area contributed by atoms with Gasteiger partial charge in [0.05, 0.1) is 11.2 Å². The maximum Gasteiger partial charge on any atom is 0.271 e. The van der Waals surface area contributed by atoms with Crippen LogP contribution in [0.2, 0.25) is 5.02 Å². The van der Waals surface area contributed by atoms with Gasteiger partial charge in [0.2, 0.25) is 0 Å². The minimum Gasteiger partial charge on any atom is -0.345 e. The Morgan fingerprint density at radius 1 is 1.53 bits per heavy atom. The largest absolute Gasteiger partial charge is 0.345 e. The van der Waals surface area contributed by atoms with Crippen molar-refractivity contribution >= 4 is 17.5 Å². The lowest BCUT2D eigenvalue weighted by molar-refractivity contribution is 0.0930. The number of carbonyl (C=O) groups is 1. The third-order valence-electron chi connectivity index (χ3n) is 2.91. The first-order chi connectivity index (χ1) is 7.91. The van der Waals surface area contributed by atoms with Crippen LogP contribution in [0.1, 0.15) is 55.8 Å². The highest BCUT2D eigenvalue weighted by Gasteiger charge is 2.39. The number of amides is 1. The van der Waals surface area contributed by atoms with E-state index in [1.807, 2.05) is 20.8 Å². The summed E-state index contributed by atoms with van der Waals surface area (Å²) in [4.78, 5) is 20.3. The summed E-state index contributed by atoms with van der Waals surface area (Å²) in [6, 6.07) is 0. The predicted octanol–water partition coefficient (Wildman–Crippen LogP) is 2.54. The maximum absolute atomic E-state index is 12.0. The number of carbonyl (C=O) groups excluding carboxylic acids is 1. The Bertz CT molecular complexity index is 455. The molecule has 0 aliphatic heterocycles. The molecule has 0 atom stereocenters. The van der Waals surface area contributed by atoms with Gasteiger partial charge in [-0.2, -0.15) is 0 Å². The summed E-state index contributed by atoms with van der Waals surface area (Å²) in [5.74, 6) is 0.607. The van der Waals surface area contributed by atoms with Crippen LogP contribution in [0.3, 0.4) is 0 Å². The number of hydrogen-bond acceptors (Lipinski definition) is 3. The quantitative estimate of drug-likeness (QED) is 0.901. The molecule has 1 heterocycles. The highest BCUT2D eigenvalue weighted by Crippen LogP contribution is 2.34. The highest BCUT2D eigenvalue weighted by atomic mass is 35.5. The second-order valence-corrected chi connectivity index (χ2v) is 5.50. The topological polar surface area (TPSA) is 54.9 Å². The van der Waals surface area contributed by atoms with Crippen molar-refractivity contribution in [1.29, 1.82) is 0 Å². The molecule has 2 rings (SSSR count). The first-order valence-corrected chi connectivity index (χ1v) is 6.14. The van der Waals surface area contributed by atoms with Gasteiger partial charge in [-0.05, 0) is 19.8 Å². The van der Waals surface area contributed by atoms with Crippen LogP contribution in [0.25, 0.3) is 0 Å². The monoisotopic (exact) mass is 253 g/mol. The summed E-state index contributed by atoms with van der Waals surface area (Å²) < 4.78 is 0. The van der Waals surface area contributed by atoms with Crippen molar-refractivity contribution in [3.05, 3.63) is 22.7 Å². The van der Waals surface area contributed by atoms with E-state index < -0.39 is 0 Å². The summed E-state index contributed by atoms with van der Waals surface area (Å²) >= 11 is 5.96. The molecule has 0 unspecified atom stereocenters. The van der Waals surface area contributed by atoms with E-state index in [9.17, 15) is 4.79 Å². The zero-order chi connectivity index (χ0) is 12.6. The van der Waals surface area contributed by atoms with E-state index in [0.29, 0.717) is 10.8 Å². The van der Waals surface area contributed by atoms with Gasteiger partial charge >= 0.3 is 0 Å². The number of halogens is 1. The van der Waals surface area contributed by atoms with Crippen LogP contribution in [0.5, 0.6) is 0 Å². The molecule has 1 N–H and O–H groups in total. The number of nitrogens with zero attached hydrogens (tertiary/aromatic N) is 2. The summed E-state index contributed by atoms with van der Waals surface area (Å²) in [7, 11) is 0. The molecule has 92 valence electrons. The fraction of sp³-hybridized carbons (Fsp3) is 0.583. The van der Waals surface area contributed by atoms with E-state index in [1.165, 1.54) is 6.20 Å². The molecule has 17 heavy (non-hydrogen) atoms. The van der Waals surface area contributed by atoms with E-state index in [1.54, 1.807) is 0 Å². The second kappa shape index (κ2) is 4.26. The molecular formula is C12H16ClN3O. The molecule has 1 aromatic heterocycles. The molecule has 4 nitrogen and oxygen atoms in total. The van der Waals surface area contributed by atoms with E-state index >= 15 is 0 Å². The Labute approximate surface area is 106 Å². The minimum atomic E-state index is -0.209. The lowest BCUT2D eigenvalue weighted by atomic mass is 10.2. The fourth-order valence-electron chi connectivity index (χ4n) is 1.46. The van der Waals surface area contributed by atoms with Gasteiger partial charge in [-0.3, -0.25) is 4.79 Å². The third-order valence-corrected chi connectivity index (χ3v) is 3.19. The predicted molar refractivity (Wildman–Crippen MR) is 66.2 cm³/mol. The number of nitrogens with one attached hydrogen (secondary N) is 1. The van der Waals surface area contributed by atoms with Gasteiger partial charge in [0.1, 0.15) is 11.5 Å². The van der Waals surface area contributed by atoms with Crippen LogP contribution in [0.4, 0.5) is 0 Å². The van der Waals surface area contributed by atoms with Crippen LogP contribution in [-0.4, -0.2) is 21.4 Å². The van der Waals surface area contributed by atoms with Gasteiger partial charge < -0.3 is 5.32 Å². The molecule has 1 amide bonds. The Morgan fingerprint density at radius 3 is 2.71 bits per heavy atom. The van der Waals surface area contributed by atoms with Crippen molar-refractivity contribution in [2.24, 2.45) is 0 Å². The Morgan fingerprint density at radius 2 is 2.18 bits per heavy atom. The third kappa shape index (κ3) is 2.75. The second-order valence-electron chi connectivity index (χ2n) is 5.09. The molecule has 1 aromatic rings. The molecule has 0 saturated heterocycles. The summed E-state index contributed by atoms with van der Waals surface area (Å²) in [5.41, 5.74) is 0.210. The first-order valence-electron chi connectivity index (χ1n) is 5.76. The fourth-order valence-corrected chi connectivity index (χ4v) is 1.64. The van der Waals surface area contributed by atoms with Crippen LogP contribution in [0.15, 0.2) is 6.20 Å². The number of hydrogen-bond donors (Lipinski definition) is 1. The summed E-state index contributed by atoms with van der Waals surface area (Å²) in [6.45, 7) is 5.98. The van der Waals surface area contributed by atoms with Gasteiger partial charge in [0.15, 0.2) is 0 Å². The molecule has 0 bridgehead atoms. The summed E-state index contributed by atoms with van der Waals surface area (Å²) in [6.07, 6.45) is 3.52. The molecule has 1 saturated carbocycles. The van der Waals surface area contributed by atoms with Crippen LogP contribution in [-0.2, 0) is 0 Å². The van der Waals surface area contributed by atoms with Crippen molar-refractivity contribution in [1.82, 2.24) is 15.3 Å². The van der Waals surface area contributed by atoms with Crippen molar-refractivity contribution in [2.75, 3.05) is 0 Å². The molecule has 1 aliphatic rings. The first kappa shape index (κ1) is 12.3. The van der Waals surface area contributed by atoms with E-state index in [2.05, 4.69) is 15.3 Å². The molecule has 0 spiro atoms. The number of rotatable bonds is 3. The maximum atomic E-state index is 12.0. The van der Waals surface area contributed by atoms with Gasteiger partial charge in [0.25, 0.3) is 5.91 Å². The Hall–Kier alpha value is -1.16. The average Bonchev–Trinajstić information content (AvgIpc) is 2.96. The van der Waals surface area contributed by atoms with Crippen molar-refractivity contribution in [3.8, 4) is 0 Å². The van der Waals surface area contributed by atoms with E-state index in [4.69, 9.17) is 11.6 Å². The zero-order valence-electron chi connectivity index (χ0n) is 10.2. The van der Waals surface area contributed by atoms with Crippen LogP contribution < -0.4 is 5.32 Å². The van der Waals surface area contributed by atoms with Gasteiger partial charge in [0, 0.05) is 11.5 Å². The molecule has 1 aliphatic carbocycles. The van der Waals surface area contributed by atoms with Gasteiger partial charge in [-0.15, -0.1) is 0 Å². The van der Waals surface area contributed by atoms with Crippen LogP contribution >= 0.6 is 11.6 Å². The Balaban J connectivity index is 2.24. The minimum absolute atomic E-state index is 0.0661. The SMILES string of the molecule is CC(C)c1ncc(Cl)c(C(=O)NC2(C)CC2)n1. The standard InChI is InChI=1S/C12H16ClN3O/c1-7(2)10-14-6-8(13)9(15-10)11(17)16-12(3)4-5-12/h6-7H,4-5H2,1-3H3,(H,16,17). The van der Waals surface area contributed by atoms with Crippen LogP contribution in [0, 0.1) is 0 Å². The smallest absolute Gasteiger partial charge is 0.271 e. The molecule has 0 aromatic carbocycles. The number of aromatic nitrogens is 2. The lowest BCUT2D eigenvalue weighted by Crippen LogP contribution is -2.35. The van der Waals surface area contributed by atoms with Crippen molar-refractivity contribution in [3.63, 3.8) is 0 Å². The van der Waals surface area contributed by atoms with Crippen molar-refractivity contribution < 1.29 is 4.79 Å².